The molecule has 1 fully saturated rings. The fourth-order valence-corrected chi connectivity index (χ4v) is 3.16. The highest BCUT2D eigenvalue weighted by Gasteiger charge is 2.31. The minimum absolute atomic E-state index is 0.0197. The van der Waals surface area contributed by atoms with Crippen LogP contribution in [0.2, 0.25) is 5.02 Å². The van der Waals surface area contributed by atoms with Gasteiger partial charge in [-0.3, -0.25) is 4.90 Å². The summed E-state index contributed by atoms with van der Waals surface area (Å²) >= 11 is 5.90. The van der Waals surface area contributed by atoms with Gasteiger partial charge in [0.25, 0.3) is 0 Å². The average molecular weight is 385 g/mol. The van der Waals surface area contributed by atoms with E-state index >= 15 is 0 Å². The summed E-state index contributed by atoms with van der Waals surface area (Å²) < 4.78 is 37.9. The molecule has 8 heteroatoms. The summed E-state index contributed by atoms with van der Waals surface area (Å²) in [6.07, 6.45) is -3.64. The Bertz CT molecular complexity index is 716. The monoisotopic (exact) mass is 384 g/mol. The number of hydrogen-bond acceptors (Lipinski definition) is 4. The quantitative estimate of drug-likeness (QED) is 0.844. The van der Waals surface area contributed by atoms with Gasteiger partial charge in [0.1, 0.15) is 5.82 Å². The van der Waals surface area contributed by atoms with Gasteiger partial charge in [-0.2, -0.15) is 13.2 Å². The summed E-state index contributed by atoms with van der Waals surface area (Å²) in [5.74, 6) is 0.280. The first kappa shape index (κ1) is 18.8. The highest BCUT2D eigenvalue weighted by atomic mass is 35.5. The van der Waals surface area contributed by atoms with Gasteiger partial charge in [0.15, 0.2) is 0 Å². The Morgan fingerprint density at radius 2 is 1.77 bits per heavy atom. The normalized spacial score (nSPS) is 15.9. The number of rotatable bonds is 5. The Morgan fingerprint density at radius 1 is 1.08 bits per heavy atom. The zero-order valence-electron chi connectivity index (χ0n) is 14.1. The number of nitrogens with zero attached hydrogens (tertiary/aromatic N) is 3. The second-order valence-corrected chi connectivity index (χ2v) is 6.55. The van der Waals surface area contributed by atoms with Crippen LogP contribution in [0.1, 0.15) is 5.56 Å². The molecule has 2 heterocycles. The van der Waals surface area contributed by atoms with E-state index in [1.54, 1.807) is 0 Å². The summed E-state index contributed by atoms with van der Waals surface area (Å²) in [6.45, 7) is 5.12. The van der Waals surface area contributed by atoms with Crippen molar-refractivity contribution in [3.63, 3.8) is 0 Å². The van der Waals surface area contributed by atoms with Crippen LogP contribution >= 0.6 is 11.6 Å². The van der Waals surface area contributed by atoms with Gasteiger partial charge in [0.2, 0.25) is 0 Å². The smallest absolute Gasteiger partial charge is 0.369 e. The van der Waals surface area contributed by atoms with Gasteiger partial charge in [0, 0.05) is 51.2 Å². The molecule has 1 N–H and O–H groups in total. The number of pyridine rings is 1. The van der Waals surface area contributed by atoms with Crippen LogP contribution in [0, 0.1) is 0 Å². The van der Waals surface area contributed by atoms with E-state index in [1.165, 1.54) is 5.69 Å². The fraction of sp³-hybridized carbons (Fsp3) is 0.389. The van der Waals surface area contributed by atoms with E-state index in [9.17, 15) is 13.2 Å². The topological polar surface area (TPSA) is 31.4 Å². The average Bonchev–Trinajstić information content (AvgIpc) is 2.63. The van der Waals surface area contributed by atoms with E-state index < -0.39 is 11.7 Å². The number of hydrogen-bond donors (Lipinski definition) is 1. The first-order valence-corrected chi connectivity index (χ1v) is 8.80. The molecule has 140 valence electrons. The number of aromatic nitrogens is 1. The van der Waals surface area contributed by atoms with Crippen LogP contribution in [0.25, 0.3) is 0 Å². The molecule has 0 amide bonds. The Kier molecular flexibility index (Phi) is 5.88. The van der Waals surface area contributed by atoms with Crippen LogP contribution in [-0.4, -0.2) is 49.2 Å². The lowest BCUT2D eigenvalue weighted by atomic mass is 10.2. The zero-order chi connectivity index (χ0) is 18.6. The van der Waals surface area contributed by atoms with E-state index in [4.69, 9.17) is 11.6 Å². The molecule has 0 spiro atoms. The summed E-state index contributed by atoms with van der Waals surface area (Å²) in [5.41, 5.74) is 0.385. The minimum Gasteiger partial charge on any atom is -0.369 e. The molecule has 3 rings (SSSR count). The van der Waals surface area contributed by atoms with Crippen LogP contribution < -0.4 is 10.2 Å². The van der Waals surface area contributed by atoms with E-state index in [0.29, 0.717) is 6.54 Å². The predicted molar refractivity (Wildman–Crippen MR) is 97.8 cm³/mol. The predicted octanol–water partition coefficient (Wildman–Crippen LogP) is 3.99. The Morgan fingerprint density at radius 3 is 2.38 bits per heavy atom. The molecule has 0 atom stereocenters. The van der Waals surface area contributed by atoms with Crippen molar-refractivity contribution in [2.45, 2.75) is 6.18 Å². The van der Waals surface area contributed by atoms with Crippen LogP contribution in [0.4, 0.5) is 24.7 Å². The molecule has 0 saturated carbocycles. The number of para-hydroxylation sites is 1. The number of anilines is 2. The Balaban J connectivity index is 1.45. The molecular weight excluding hydrogens is 365 g/mol. The number of alkyl halides is 3. The van der Waals surface area contributed by atoms with E-state index in [2.05, 4.69) is 32.2 Å². The first-order chi connectivity index (χ1) is 12.4. The minimum atomic E-state index is -4.44. The van der Waals surface area contributed by atoms with Crippen LogP contribution in [-0.2, 0) is 6.18 Å². The molecule has 1 aromatic heterocycles. The van der Waals surface area contributed by atoms with Crippen molar-refractivity contribution in [2.24, 2.45) is 0 Å². The summed E-state index contributed by atoms with van der Waals surface area (Å²) in [5, 5.41) is 3.00. The number of halogens is 4. The second-order valence-electron chi connectivity index (χ2n) is 6.14. The summed E-state index contributed by atoms with van der Waals surface area (Å²) in [4.78, 5) is 8.44. The van der Waals surface area contributed by atoms with E-state index in [-0.39, 0.29) is 10.8 Å². The van der Waals surface area contributed by atoms with Gasteiger partial charge in [-0.1, -0.05) is 29.8 Å². The summed E-state index contributed by atoms with van der Waals surface area (Å²) in [6, 6.07) is 11.2. The standard InChI is InChI=1S/C18H20ClF3N4/c19-16-12-14(18(20,21)22)13-24-17(16)23-6-7-25-8-10-26(11-9-25)15-4-2-1-3-5-15/h1-5,12-13H,6-11H2,(H,23,24). The summed E-state index contributed by atoms with van der Waals surface area (Å²) in [7, 11) is 0. The van der Waals surface area contributed by atoms with Crippen molar-refractivity contribution in [2.75, 3.05) is 49.5 Å². The lowest BCUT2D eigenvalue weighted by Crippen LogP contribution is -2.47. The molecule has 0 radical (unpaired) electrons. The highest BCUT2D eigenvalue weighted by Crippen LogP contribution is 2.32. The van der Waals surface area contributed by atoms with Gasteiger partial charge in [0.05, 0.1) is 10.6 Å². The van der Waals surface area contributed by atoms with Crippen LogP contribution in [0.3, 0.4) is 0 Å². The third kappa shape index (κ3) is 4.80. The third-order valence-corrected chi connectivity index (χ3v) is 4.67. The Hall–Kier alpha value is -1.99. The maximum absolute atomic E-state index is 12.6. The molecule has 1 aromatic carbocycles. The van der Waals surface area contributed by atoms with Gasteiger partial charge in [-0.05, 0) is 18.2 Å². The van der Waals surface area contributed by atoms with Crippen molar-refractivity contribution >= 4 is 23.1 Å². The number of nitrogens with one attached hydrogen (secondary N) is 1. The Labute approximate surface area is 155 Å². The van der Waals surface area contributed by atoms with Crippen molar-refractivity contribution in [1.82, 2.24) is 9.88 Å². The molecule has 0 aliphatic carbocycles. The molecule has 0 unspecified atom stereocenters. The molecular formula is C18H20ClF3N4. The van der Waals surface area contributed by atoms with Crippen LogP contribution in [0.5, 0.6) is 0 Å². The van der Waals surface area contributed by atoms with Gasteiger partial charge >= 0.3 is 6.18 Å². The number of benzene rings is 1. The van der Waals surface area contributed by atoms with Crippen LogP contribution in [0.15, 0.2) is 42.6 Å². The SMILES string of the molecule is FC(F)(F)c1cnc(NCCN2CCN(c3ccccc3)CC2)c(Cl)c1. The van der Waals surface area contributed by atoms with Crippen molar-refractivity contribution in [3.05, 3.63) is 53.2 Å². The molecule has 1 aliphatic heterocycles. The van der Waals surface area contributed by atoms with E-state index in [0.717, 1.165) is 45.0 Å². The molecule has 2 aromatic rings. The van der Waals surface area contributed by atoms with E-state index in [1.807, 2.05) is 18.2 Å². The fourth-order valence-electron chi connectivity index (χ4n) is 2.92. The second kappa shape index (κ2) is 8.14. The largest absolute Gasteiger partial charge is 0.417 e. The molecule has 26 heavy (non-hydrogen) atoms. The zero-order valence-corrected chi connectivity index (χ0v) is 14.9. The molecule has 1 saturated heterocycles. The first-order valence-electron chi connectivity index (χ1n) is 8.42. The third-order valence-electron chi connectivity index (χ3n) is 4.38. The molecule has 0 bridgehead atoms. The lowest BCUT2D eigenvalue weighted by Gasteiger charge is -2.36. The van der Waals surface area contributed by atoms with Crippen molar-refractivity contribution in [1.29, 1.82) is 0 Å². The lowest BCUT2D eigenvalue weighted by molar-refractivity contribution is -0.137. The van der Waals surface area contributed by atoms with Gasteiger partial charge in [-0.15, -0.1) is 0 Å². The number of piperazine rings is 1. The van der Waals surface area contributed by atoms with Crippen molar-refractivity contribution < 1.29 is 13.2 Å². The molecule has 1 aliphatic rings. The maximum atomic E-state index is 12.6. The maximum Gasteiger partial charge on any atom is 0.417 e. The van der Waals surface area contributed by atoms with Gasteiger partial charge < -0.3 is 10.2 Å². The highest BCUT2D eigenvalue weighted by molar-refractivity contribution is 6.32. The van der Waals surface area contributed by atoms with Gasteiger partial charge in [-0.25, -0.2) is 4.98 Å². The van der Waals surface area contributed by atoms with Crippen molar-refractivity contribution in [3.8, 4) is 0 Å². The molecule has 4 nitrogen and oxygen atoms in total.